The highest BCUT2D eigenvalue weighted by atomic mass is 16.5. The molecule has 0 saturated heterocycles. The molecular formula is C17H23N3O. The van der Waals surface area contributed by atoms with Crippen LogP contribution in [0.25, 0.3) is 0 Å². The number of nitrogens with one attached hydrogen (secondary N) is 1. The molecule has 21 heavy (non-hydrogen) atoms. The second kappa shape index (κ2) is 7.16. The van der Waals surface area contributed by atoms with E-state index < -0.39 is 0 Å². The number of anilines is 1. The maximum absolute atomic E-state index is 5.69. The molecule has 1 aliphatic carbocycles. The van der Waals surface area contributed by atoms with E-state index in [2.05, 4.69) is 21.1 Å². The SMILES string of the molecule is c1ccc(OCCCNc2nccn2C2CCCC2)cc1. The Morgan fingerprint density at radius 2 is 2.00 bits per heavy atom. The molecule has 0 spiro atoms. The first-order chi connectivity index (χ1) is 10.4. The molecule has 1 fully saturated rings. The largest absolute Gasteiger partial charge is 0.494 e. The Hall–Kier alpha value is -1.97. The summed E-state index contributed by atoms with van der Waals surface area (Å²) in [4.78, 5) is 4.43. The van der Waals surface area contributed by atoms with Gasteiger partial charge < -0.3 is 14.6 Å². The van der Waals surface area contributed by atoms with Gasteiger partial charge in [-0.15, -0.1) is 0 Å². The van der Waals surface area contributed by atoms with Crippen molar-refractivity contribution in [3.8, 4) is 5.75 Å². The van der Waals surface area contributed by atoms with Gasteiger partial charge in [0.2, 0.25) is 5.95 Å². The Labute approximate surface area is 126 Å². The Kier molecular flexibility index (Phi) is 4.77. The van der Waals surface area contributed by atoms with Crippen molar-refractivity contribution in [3.63, 3.8) is 0 Å². The van der Waals surface area contributed by atoms with Crippen LogP contribution in [-0.2, 0) is 0 Å². The van der Waals surface area contributed by atoms with E-state index in [1.165, 1.54) is 25.7 Å². The maximum Gasteiger partial charge on any atom is 0.203 e. The highest BCUT2D eigenvalue weighted by Crippen LogP contribution is 2.31. The molecule has 0 unspecified atom stereocenters. The maximum atomic E-state index is 5.69. The summed E-state index contributed by atoms with van der Waals surface area (Å²) in [6.45, 7) is 1.61. The molecule has 0 aliphatic heterocycles. The molecule has 0 amide bonds. The lowest BCUT2D eigenvalue weighted by Crippen LogP contribution is -2.13. The van der Waals surface area contributed by atoms with Gasteiger partial charge in [-0.05, 0) is 31.4 Å². The van der Waals surface area contributed by atoms with Gasteiger partial charge in [-0.1, -0.05) is 31.0 Å². The van der Waals surface area contributed by atoms with E-state index in [0.717, 1.165) is 31.3 Å². The van der Waals surface area contributed by atoms with Gasteiger partial charge in [0.15, 0.2) is 0 Å². The van der Waals surface area contributed by atoms with Crippen LogP contribution in [0.15, 0.2) is 42.7 Å². The van der Waals surface area contributed by atoms with E-state index >= 15 is 0 Å². The summed E-state index contributed by atoms with van der Waals surface area (Å²) in [5.74, 6) is 1.94. The monoisotopic (exact) mass is 285 g/mol. The third-order valence-electron chi connectivity index (χ3n) is 4.00. The lowest BCUT2D eigenvalue weighted by molar-refractivity contribution is 0.315. The van der Waals surface area contributed by atoms with E-state index in [-0.39, 0.29) is 0 Å². The molecule has 3 rings (SSSR count). The third-order valence-corrected chi connectivity index (χ3v) is 4.00. The van der Waals surface area contributed by atoms with Crippen molar-refractivity contribution >= 4 is 5.95 Å². The first kappa shape index (κ1) is 14.0. The predicted molar refractivity (Wildman–Crippen MR) is 84.8 cm³/mol. The minimum Gasteiger partial charge on any atom is -0.494 e. The highest BCUT2D eigenvalue weighted by Gasteiger charge is 2.18. The van der Waals surface area contributed by atoms with E-state index in [4.69, 9.17) is 4.74 Å². The minimum absolute atomic E-state index is 0.635. The molecule has 4 heteroatoms. The molecular weight excluding hydrogens is 262 g/mol. The second-order valence-corrected chi connectivity index (χ2v) is 5.54. The van der Waals surface area contributed by atoms with Crippen LogP contribution in [0.5, 0.6) is 5.75 Å². The molecule has 4 nitrogen and oxygen atoms in total. The molecule has 0 bridgehead atoms. The minimum atomic E-state index is 0.635. The second-order valence-electron chi connectivity index (χ2n) is 5.54. The summed E-state index contributed by atoms with van der Waals surface area (Å²) in [5.41, 5.74) is 0. The lowest BCUT2D eigenvalue weighted by atomic mass is 10.2. The Morgan fingerprint density at radius 1 is 1.19 bits per heavy atom. The van der Waals surface area contributed by atoms with Gasteiger partial charge in [-0.25, -0.2) is 4.98 Å². The van der Waals surface area contributed by atoms with E-state index in [1.807, 2.05) is 36.5 Å². The van der Waals surface area contributed by atoms with Gasteiger partial charge in [0.25, 0.3) is 0 Å². The van der Waals surface area contributed by atoms with Crippen molar-refractivity contribution < 1.29 is 4.74 Å². The third kappa shape index (κ3) is 3.78. The number of benzene rings is 1. The first-order valence-electron chi connectivity index (χ1n) is 7.88. The van der Waals surface area contributed by atoms with Crippen LogP contribution in [-0.4, -0.2) is 22.7 Å². The summed E-state index contributed by atoms with van der Waals surface area (Å²) in [6, 6.07) is 10.6. The lowest BCUT2D eigenvalue weighted by Gasteiger charge is -2.15. The number of ether oxygens (including phenoxy) is 1. The number of hydrogen-bond donors (Lipinski definition) is 1. The summed E-state index contributed by atoms with van der Waals surface area (Å²) in [5, 5.41) is 3.43. The van der Waals surface area contributed by atoms with Crippen LogP contribution in [0.2, 0.25) is 0 Å². The first-order valence-corrected chi connectivity index (χ1v) is 7.88. The Morgan fingerprint density at radius 3 is 2.81 bits per heavy atom. The van der Waals surface area contributed by atoms with E-state index in [0.29, 0.717) is 6.04 Å². The topological polar surface area (TPSA) is 39.1 Å². The molecule has 112 valence electrons. The van der Waals surface area contributed by atoms with Crippen LogP contribution in [0.3, 0.4) is 0 Å². The molecule has 1 saturated carbocycles. The Bertz CT molecular complexity index is 532. The number of imidazole rings is 1. The molecule has 1 heterocycles. The predicted octanol–water partition coefficient (Wildman–Crippen LogP) is 3.88. The van der Waals surface area contributed by atoms with Crippen molar-refractivity contribution in [1.29, 1.82) is 0 Å². The highest BCUT2D eigenvalue weighted by molar-refractivity contribution is 5.26. The molecule has 1 N–H and O–H groups in total. The van der Waals surface area contributed by atoms with Gasteiger partial charge in [0, 0.05) is 25.0 Å². The van der Waals surface area contributed by atoms with E-state index in [1.54, 1.807) is 0 Å². The Balaban J connectivity index is 1.40. The fourth-order valence-electron chi connectivity index (χ4n) is 2.91. The van der Waals surface area contributed by atoms with Gasteiger partial charge >= 0.3 is 0 Å². The molecule has 2 aromatic rings. The van der Waals surface area contributed by atoms with Crippen LogP contribution in [0, 0.1) is 0 Å². The number of hydrogen-bond acceptors (Lipinski definition) is 3. The van der Waals surface area contributed by atoms with Gasteiger partial charge in [0.1, 0.15) is 5.75 Å². The number of nitrogens with zero attached hydrogens (tertiary/aromatic N) is 2. The van der Waals surface area contributed by atoms with Crippen LogP contribution in [0.4, 0.5) is 5.95 Å². The normalized spacial score (nSPS) is 15.2. The van der Waals surface area contributed by atoms with E-state index in [9.17, 15) is 0 Å². The van der Waals surface area contributed by atoms with Gasteiger partial charge in [-0.3, -0.25) is 0 Å². The average Bonchev–Trinajstić information content (AvgIpc) is 3.19. The molecule has 0 radical (unpaired) electrons. The molecule has 1 aliphatic rings. The average molecular weight is 285 g/mol. The van der Waals surface area contributed by atoms with Crippen molar-refractivity contribution in [2.45, 2.75) is 38.1 Å². The van der Waals surface area contributed by atoms with Crippen molar-refractivity contribution in [2.24, 2.45) is 0 Å². The molecule has 1 aromatic carbocycles. The standard InChI is InChI=1S/C17H23N3O/c1-2-9-16(10-3-1)21-14-6-11-18-17-19-12-13-20(17)15-7-4-5-8-15/h1-3,9-10,12-13,15H,4-8,11,14H2,(H,18,19). The van der Waals surface area contributed by atoms with Gasteiger partial charge in [-0.2, -0.15) is 0 Å². The summed E-state index contributed by atoms with van der Waals surface area (Å²) >= 11 is 0. The molecule has 0 atom stereocenters. The zero-order valence-corrected chi connectivity index (χ0v) is 12.4. The van der Waals surface area contributed by atoms with Crippen molar-refractivity contribution in [1.82, 2.24) is 9.55 Å². The van der Waals surface area contributed by atoms with Gasteiger partial charge in [0.05, 0.1) is 6.61 Å². The smallest absolute Gasteiger partial charge is 0.203 e. The number of aromatic nitrogens is 2. The van der Waals surface area contributed by atoms with Crippen LogP contribution in [0.1, 0.15) is 38.1 Å². The van der Waals surface area contributed by atoms with Crippen molar-refractivity contribution in [2.75, 3.05) is 18.5 Å². The van der Waals surface area contributed by atoms with Crippen LogP contribution >= 0.6 is 0 Å². The summed E-state index contributed by atoms with van der Waals surface area (Å²) in [6.07, 6.45) is 10.2. The van der Waals surface area contributed by atoms with Crippen molar-refractivity contribution in [3.05, 3.63) is 42.7 Å². The number of para-hydroxylation sites is 1. The number of rotatable bonds is 7. The fraction of sp³-hybridized carbons (Fsp3) is 0.471. The summed E-state index contributed by atoms with van der Waals surface area (Å²) < 4.78 is 7.98. The quantitative estimate of drug-likeness (QED) is 0.785. The summed E-state index contributed by atoms with van der Waals surface area (Å²) in [7, 11) is 0. The zero-order chi connectivity index (χ0) is 14.3. The fourth-order valence-corrected chi connectivity index (χ4v) is 2.91. The zero-order valence-electron chi connectivity index (χ0n) is 12.4. The molecule has 1 aromatic heterocycles. The van der Waals surface area contributed by atoms with Crippen LogP contribution < -0.4 is 10.1 Å².